The van der Waals surface area contributed by atoms with Gasteiger partial charge in [-0.2, -0.15) is 0 Å². The lowest BCUT2D eigenvalue weighted by molar-refractivity contribution is -0.137. The van der Waals surface area contributed by atoms with Gasteiger partial charge in [-0.1, -0.05) is 19.3 Å². The van der Waals surface area contributed by atoms with Crippen molar-refractivity contribution in [2.45, 2.75) is 57.4 Å². The SMILES string of the molecule is O=C(O)CCCNC(=O)NC(CCO)C1CCCCC1. The van der Waals surface area contributed by atoms with Crippen LogP contribution in [0.1, 0.15) is 51.4 Å². The van der Waals surface area contributed by atoms with E-state index in [0.717, 1.165) is 12.8 Å². The Balaban J connectivity index is 2.28. The van der Waals surface area contributed by atoms with Gasteiger partial charge < -0.3 is 20.8 Å². The average Bonchev–Trinajstić information content (AvgIpc) is 2.44. The van der Waals surface area contributed by atoms with Gasteiger partial charge in [-0.3, -0.25) is 4.79 Å². The number of rotatable bonds is 8. The van der Waals surface area contributed by atoms with Crippen LogP contribution < -0.4 is 10.6 Å². The molecule has 1 aliphatic carbocycles. The van der Waals surface area contributed by atoms with E-state index in [-0.39, 0.29) is 25.1 Å². The second-order valence-corrected chi connectivity index (χ2v) is 5.41. The van der Waals surface area contributed by atoms with Crippen molar-refractivity contribution < 1.29 is 19.8 Å². The van der Waals surface area contributed by atoms with E-state index in [1.165, 1.54) is 19.3 Å². The molecule has 1 rings (SSSR count). The zero-order chi connectivity index (χ0) is 14.8. The molecule has 2 amide bonds. The first kappa shape index (κ1) is 16.8. The summed E-state index contributed by atoms with van der Waals surface area (Å²) in [5.74, 6) is -0.409. The highest BCUT2D eigenvalue weighted by atomic mass is 16.4. The summed E-state index contributed by atoms with van der Waals surface area (Å²) < 4.78 is 0. The Hall–Kier alpha value is -1.30. The van der Waals surface area contributed by atoms with Crippen molar-refractivity contribution in [3.63, 3.8) is 0 Å². The number of amides is 2. The van der Waals surface area contributed by atoms with E-state index < -0.39 is 5.97 Å². The minimum absolute atomic E-state index is 0.0137. The summed E-state index contributed by atoms with van der Waals surface area (Å²) in [7, 11) is 0. The lowest BCUT2D eigenvalue weighted by Gasteiger charge is -2.30. The van der Waals surface area contributed by atoms with E-state index in [9.17, 15) is 9.59 Å². The molecule has 1 unspecified atom stereocenters. The molecule has 0 saturated heterocycles. The Morgan fingerprint density at radius 1 is 1.20 bits per heavy atom. The second kappa shape index (κ2) is 9.58. The third kappa shape index (κ3) is 6.75. The van der Waals surface area contributed by atoms with Gasteiger partial charge in [0.2, 0.25) is 0 Å². The van der Waals surface area contributed by atoms with Gasteiger partial charge in [0.05, 0.1) is 0 Å². The third-order valence-electron chi connectivity index (χ3n) is 3.83. The molecule has 6 heteroatoms. The molecule has 1 aliphatic rings. The molecule has 1 fully saturated rings. The Kier molecular flexibility index (Phi) is 8.02. The number of carboxylic acids is 1. The predicted octanol–water partition coefficient (Wildman–Crippen LogP) is 1.48. The van der Waals surface area contributed by atoms with Gasteiger partial charge in [-0.15, -0.1) is 0 Å². The van der Waals surface area contributed by atoms with Gasteiger partial charge in [0, 0.05) is 25.6 Å². The van der Waals surface area contributed by atoms with Crippen LogP contribution in [0.4, 0.5) is 4.79 Å². The van der Waals surface area contributed by atoms with Crippen LogP contribution in [-0.4, -0.2) is 41.4 Å². The van der Waals surface area contributed by atoms with Crippen molar-refractivity contribution in [3.8, 4) is 0 Å². The molecule has 4 N–H and O–H groups in total. The Morgan fingerprint density at radius 2 is 1.90 bits per heavy atom. The van der Waals surface area contributed by atoms with E-state index in [1.807, 2.05) is 0 Å². The number of carbonyl (C=O) groups is 2. The predicted molar refractivity (Wildman–Crippen MR) is 75.5 cm³/mol. The first-order valence-electron chi connectivity index (χ1n) is 7.50. The van der Waals surface area contributed by atoms with E-state index in [1.54, 1.807) is 0 Å². The Bertz CT molecular complexity index is 304. The quantitative estimate of drug-likeness (QED) is 0.508. The van der Waals surface area contributed by atoms with E-state index in [0.29, 0.717) is 25.3 Å². The van der Waals surface area contributed by atoms with Crippen LogP contribution in [0.3, 0.4) is 0 Å². The zero-order valence-corrected chi connectivity index (χ0v) is 11.9. The van der Waals surface area contributed by atoms with Crippen molar-refractivity contribution in [2.24, 2.45) is 5.92 Å². The van der Waals surface area contributed by atoms with Crippen LogP contribution in [0, 0.1) is 5.92 Å². The maximum Gasteiger partial charge on any atom is 0.315 e. The molecule has 1 atom stereocenters. The number of hydrogen-bond acceptors (Lipinski definition) is 3. The zero-order valence-electron chi connectivity index (χ0n) is 11.9. The molecule has 6 nitrogen and oxygen atoms in total. The van der Waals surface area contributed by atoms with Crippen molar-refractivity contribution in [2.75, 3.05) is 13.2 Å². The van der Waals surface area contributed by atoms with Gasteiger partial charge in [0.25, 0.3) is 0 Å². The van der Waals surface area contributed by atoms with Gasteiger partial charge >= 0.3 is 12.0 Å². The Labute approximate surface area is 119 Å². The van der Waals surface area contributed by atoms with Gasteiger partial charge in [-0.25, -0.2) is 4.79 Å². The number of nitrogens with one attached hydrogen (secondary N) is 2. The first-order chi connectivity index (χ1) is 9.63. The average molecular weight is 286 g/mol. The number of urea groups is 1. The molecule has 0 heterocycles. The topological polar surface area (TPSA) is 98.7 Å². The molecule has 0 aliphatic heterocycles. The minimum atomic E-state index is -0.854. The Morgan fingerprint density at radius 3 is 2.50 bits per heavy atom. The molecule has 0 aromatic heterocycles. The standard InChI is InChI=1S/C14H26N2O4/c17-10-8-12(11-5-2-1-3-6-11)16-14(20)15-9-4-7-13(18)19/h11-12,17H,1-10H2,(H,18,19)(H2,15,16,20). The summed E-state index contributed by atoms with van der Waals surface area (Å²) >= 11 is 0. The highest BCUT2D eigenvalue weighted by molar-refractivity contribution is 5.74. The minimum Gasteiger partial charge on any atom is -0.481 e. The molecule has 0 bridgehead atoms. The summed E-state index contributed by atoms with van der Waals surface area (Å²) in [4.78, 5) is 22.1. The van der Waals surface area contributed by atoms with E-state index in [4.69, 9.17) is 10.2 Å². The highest BCUT2D eigenvalue weighted by Crippen LogP contribution is 2.27. The summed E-state index contributed by atoms with van der Waals surface area (Å²) in [5, 5.41) is 23.2. The van der Waals surface area contributed by atoms with E-state index >= 15 is 0 Å². The summed E-state index contributed by atoms with van der Waals surface area (Å²) in [6.07, 6.45) is 6.90. The monoisotopic (exact) mass is 286 g/mol. The highest BCUT2D eigenvalue weighted by Gasteiger charge is 2.24. The van der Waals surface area contributed by atoms with Gasteiger partial charge in [-0.05, 0) is 31.6 Å². The molecule has 0 radical (unpaired) electrons. The summed E-state index contributed by atoms with van der Waals surface area (Å²) in [6, 6.07) is -0.251. The normalized spacial score (nSPS) is 17.4. The van der Waals surface area contributed by atoms with E-state index in [2.05, 4.69) is 10.6 Å². The number of aliphatic hydroxyl groups excluding tert-OH is 1. The second-order valence-electron chi connectivity index (χ2n) is 5.41. The molecule has 0 aromatic carbocycles. The van der Waals surface area contributed by atoms with Crippen LogP contribution in [0.25, 0.3) is 0 Å². The third-order valence-corrected chi connectivity index (χ3v) is 3.83. The van der Waals surface area contributed by atoms with Gasteiger partial charge in [0.1, 0.15) is 0 Å². The molecule has 0 spiro atoms. The first-order valence-corrected chi connectivity index (χ1v) is 7.50. The van der Waals surface area contributed by atoms with Crippen LogP contribution in [-0.2, 0) is 4.79 Å². The summed E-state index contributed by atoms with van der Waals surface area (Å²) in [5.41, 5.74) is 0. The molecule has 20 heavy (non-hydrogen) atoms. The largest absolute Gasteiger partial charge is 0.481 e. The van der Waals surface area contributed by atoms with Crippen LogP contribution in [0.2, 0.25) is 0 Å². The fourth-order valence-electron chi connectivity index (χ4n) is 2.76. The van der Waals surface area contributed by atoms with Crippen molar-refractivity contribution in [1.29, 1.82) is 0 Å². The van der Waals surface area contributed by atoms with Crippen molar-refractivity contribution >= 4 is 12.0 Å². The van der Waals surface area contributed by atoms with Crippen LogP contribution in [0.5, 0.6) is 0 Å². The fourth-order valence-corrected chi connectivity index (χ4v) is 2.76. The van der Waals surface area contributed by atoms with Crippen molar-refractivity contribution in [1.82, 2.24) is 10.6 Å². The molecule has 1 saturated carbocycles. The number of hydrogen-bond donors (Lipinski definition) is 4. The summed E-state index contributed by atoms with van der Waals surface area (Å²) in [6.45, 7) is 0.426. The molecular weight excluding hydrogens is 260 g/mol. The number of carbonyl (C=O) groups excluding carboxylic acids is 1. The lowest BCUT2D eigenvalue weighted by atomic mass is 9.83. The number of aliphatic carboxylic acids is 1. The number of aliphatic hydroxyl groups is 1. The van der Waals surface area contributed by atoms with Crippen LogP contribution in [0.15, 0.2) is 0 Å². The fraction of sp³-hybridized carbons (Fsp3) is 0.857. The molecule has 0 aromatic rings. The van der Waals surface area contributed by atoms with Crippen LogP contribution >= 0.6 is 0 Å². The molecule has 116 valence electrons. The maximum atomic E-state index is 11.8. The number of carboxylic acid groups (broad SMARTS) is 1. The van der Waals surface area contributed by atoms with Crippen molar-refractivity contribution in [3.05, 3.63) is 0 Å². The maximum absolute atomic E-state index is 11.8. The van der Waals surface area contributed by atoms with Gasteiger partial charge in [0.15, 0.2) is 0 Å². The molecular formula is C14H26N2O4. The smallest absolute Gasteiger partial charge is 0.315 e. The lowest BCUT2D eigenvalue weighted by Crippen LogP contribution is -2.46.